The van der Waals surface area contributed by atoms with Crippen LogP contribution in [-0.2, 0) is 6.18 Å². The van der Waals surface area contributed by atoms with Crippen molar-refractivity contribution >= 4 is 17.4 Å². The molecule has 10 heteroatoms. The molecule has 2 N–H and O–H groups in total. The lowest BCUT2D eigenvalue weighted by molar-refractivity contribution is -0.141. The second-order valence-electron chi connectivity index (χ2n) is 7.35. The first-order valence-corrected chi connectivity index (χ1v) is 10.2. The molecule has 1 amide bonds. The normalized spacial score (nSPS) is 11.2. The number of hydrogen-bond acceptors (Lipinski definition) is 6. The van der Waals surface area contributed by atoms with Gasteiger partial charge >= 0.3 is 6.18 Å². The average Bonchev–Trinajstić information content (AvgIpc) is 2.85. The lowest BCUT2D eigenvalue weighted by Crippen LogP contribution is -2.15. The summed E-state index contributed by atoms with van der Waals surface area (Å²) in [6.45, 7) is 1.82. The zero-order valence-corrected chi connectivity index (χ0v) is 18.2. The maximum Gasteiger partial charge on any atom is 0.433 e. The van der Waals surface area contributed by atoms with Crippen molar-refractivity contribution in [3.63, 3.8) is 0 Å². The van der Waals surface area contributed by atoms with Gasteiger partial charge in [0.15, 0.2) is 0 Å². The van der Waals surface area contributed by atoms with E-state index in [2.05, 4.69) is 30.6 Å². The molecule has 0 spiro atoms. The zero-order chi connectivity index (χ0) is 24.3. The van der Waals surface area contributed by atoms with E-state index >= 15 is 0 Å². The van der Waals surface area contributed by atoms with Crippen molar-refractivity contribution in [1.29, 1.82) is 0 Å². The van der Waals surface area contributed by atoms with Gasteiger partial charge in [-0.15, -0.1) is 0 Å². The number of hydrogen-bond donors (Lipinski definition) is 2. The molecule has 172 valence electrons. The molecule has 4 rings (SSSR count). The number of carbonyl (C=O) groups is 1. The van der Waals surface area contributed by atoms with Crippen LogP contribution < -0.4 is 10.6 Å². The van der Waals surface area contributed by atoms with Crippen LogP contribution in [0.1, 0.15) is 21.7 Å². The van der Waals surface area contributed by atoms with Gasteiger partial charge in [-0.1, -0.05) is 0 Å². The molecule has 4 heterocycles. The first kappa shape index (κ1) is 22.8. The molecule has 4 aromatic heterocycles. The van der Waals surface area contributed by atoms with E-state index in [1.807, 2.05) is 31.2 Å². The molecule has 0 saturated carbocycles. The van der Waals surface area contributed by atoms with Gasteiger partial charge in [-0.25, -0.2) is 4.98 Å². The van der Waals surface area contributed by atoms with Crippen LogP contribution in [0.5, 0.6) is 0 Å². The highest BCUT2D eigenvalue weighted by atomic mass is 19.4. The Morgan fingerprint density at radius 2 is 1.62 bits per heavy atom. The minimum absolute atomic E-state index is 0.159. The average molecular weight is 464 g/mol. The van der Waals surface area contributed by atoms with Gasteiger partial charge in [-0.05, 0) is 55.0 Å². The van der Waals surface area contributed by atoms with Gasteiger partial charge in [-0.2, -0.15) is 13.2 Å². The van der Waals surface area contributed by atoms with Gasteiger partial charge in [-0.3, -0.25) is 19.7 Å². The molecule has 0 aliphatic rings. The third kappa shape index (κ3) is 5.01. The first-order chi connectivity index (χ1) is 16.2. The third-order valence-electron chi connectivity index (χ3n) is 5.04. The maximum atomic E-state index is 12.9. The summed E-state index contributed by atoms with van der Waals surface area (Å²) >= 11 is 0. The Labute approximate surface area is 193 Å². The summed E-state index contributed by atoms with van der Waals surface area (Å²) in [5.74, 6) is 0.00773. The molecule has 0 aliphatic heterocycles. The van der Waals surface area contributed by atoms with E-state index < -0.39 is 17.8 Å². The highest BCUT2D eigenvalue weighted by molar-refractivity contribution is 6.04. The van der Waals surface area contributed by atoms with Crippen molar-refractivity contribution in [2.45, 2.75) is 13.1 Å². The smallest absolute Gasteiger partial charge is 0.373 e. The quantitative estimate of drug-likeness (QED) is 0.421. The minimum Gasteiger partial charge on any atom is -0.373 e. The van der Waals surface area contributed by atoms with Crippen molar-refractivity contribution < 1.29 is 18.0 Å². The Bertz CT molecular complexity index is 1360. The number of rotatable bonds is 5. The summed E-state index contributed by atoms with van der Waals surface area (Å²) in [6.07, 6.45) is 1.11. The van der Waals surface area contributed by atoms with Gasteiger partial charge in [0.1, 0.15) is 11.5 Å². The van der Waals surface area contributed by atoms with E-state index in [9.17, 15) is 18.0 Å². The molecule has 0 atom stereocenters. The van der Waals surface area contributed by atoms with Crippen LogP contribution in [0, 0.1) is 6.92 Å². The molecule has 0 bridgehead atoms. The largest absolute Gasteiger partial charge is 0.433 e. The van der Waals surface area contributed by atoms with Gasteiger partial charge < -0.3 is 10.6 Å². The molecule has 0 unspecified atom stereocenters. The van der Waals surface area contributed by atoms with E-state index in [-0.39, 0.29) is 5.56 Å². The predicted molar refractivity (Wildman–Crippen MR) is 122 cm³/mol. The third-order valence-corrected chi connectivity index (χ3v) is 5.04. The second-order valence-corrected chi connectivity index (χ2v) is 7.35. The first-order valence-electron chi connectivity index (χ1n) is 10.2. The summed E-state index contributed by atoms with van der Waals surface area (Å²) in [5, 5.41) is 5.59. The van der Waals surface area contributed by atoms with Gasteiger partial charge in [0.25, 0.3) is 5.91 Å². The van der Waals surface area contributed by atoms with Crippen molar-refractivity contribution in [3.8, 4) is 22.4 Å². The fourth-order valence-electron chi connectivity index (χ4n) is 3.31. The number of pyridine rings is 4. The SMILES string of the molecule is CNc1cc(-c2cc(-c3cc(NC(=O)c4ccnc(C(F)(F)F)c4)cnc3C)ccn2)ccn1. The van der Waals surface area contributed by atoms with Crippen LogP contribution in [0.15, 0.2) is 67.3 Å². The Balaban J connectivity index is 1.63. The molecule has 0 aromatic carbocycles. The molecule has 0 saturated heterocycles. The molecular formula is C24H19F3N6O. The Hall–Kier alpha value is -4.34. The van der Waals surface area contributed by atoms with Gasteiger partial charge in [0.2, 0.25) is 0 Å². The van der Waals surface area contributed by atoms with Crippen LogP contribution in [0.2, 0.25) is 0 Å². The predicted octanol–water partition coefficient (Wildman–Crippen LogP) is 5.22. The number of amides is 1. The minimum atomic E-state index is -4.64. The fourth-order valence-corrected chi connectivity index (χ4v) is 3.31. The Kier molecular flexibility index (Phi) is 6.22. The summed E-state index contributed by atoms with van der Waals surface area (Å²) in [4.78, 5) is 28.8. The van der Waals surface area contributed by atoms with Crippen molar-refractivity contribution in [1.82, 2.24) is 19.9 Å². The van der Waals surface area contributed by atoms with Crippen LogP contribution in [0.25, 0.3) is 22.4 Å². The number of nitrogens with one attached hydrogen (secondary N) is 2. The van der Waals surface area contributed by atoms with E-state index in [1.54, 1.807) is 25.5 Å². The number of carbonyl (C=O) groups excluding carboxylic acids is 1. The van der Waals surface area contributed by atoms with Crippen LogP contribution in [0.4, 0.5) is 24.7 Å². The molecular weight excluding hydrogens is 445 g/mol. The Morgan fingerprint density at radius 3 is 2.38 bits per heavy atom. The monoisotopic (exact) mass is 464 g/mol. The summed E-state index contributed by atoms with van der Waals surface area (Å²) in [7, 11) is 1.78. The summed E-state index contributed by atoms with van der Waals surface area (Å²) < 4.78 is 38.8. The number of nitrogens with zero attached hydrogens (tertiary/aromatic N) is 4. The number of halogens is 3. The van der Waals surface area contributed by atoms with Crippen LogP contribution in [0.3, 0.4) is 0 Å². The molecule has 0 aliphatic carbocycles. The number of aryl methyl sites for hydroxylation is 1. The van der Waals surface area contributed by atoms with Crippen molar-refractivity contribution in [3.05, 3.63) is 84.2 Å². The van der Waals surface area contributed by atoms with Crippen LogP contribution >= 0.6 is 0 Å². The number of alkyl halides is 3. The molecule has 0 fully saturated rings. The van der Waals surface area contributed by atoms with E-state index in [4.69, 9.17) is 0 Å². The highest BCUT2D eigenvalue weighted by Gasteiger charge is 2.33. The van der Waals surface area contributed by atoms with Crippen molar-refractivity contribution in [2.24, 2.45) is 0 Å². The second kappa shape index (κ2) is 9.26. The Morgan fingerprint density at radius 1 is 0.882 bits per heavy atom. The zero-order valence-electron chi connectivity index (χ0n) is 18.2. The van der Waals surface area contributed by atoms with E-state index in [1.165, 1.54) is 12.3 Å². The van der Waals surface area contributed by atoms with Gasteiger partial charge in [0, 0.05) is 48.0 Å². The standard InChI is InChI=1S/C24H19F3N6O/c1-14-19(15-3-6-29-20(9-15)16-4-8-31-22(11-16)28-2)12-18(13-32-14)33-23(34)17-5-7-30-21(10-17)24(25,26)27/h3-13H,1-2H3,(H,28,31)(H,33,34). The lowest BCUT2D eigenvalue weighted by Gasteiger charge is -2.12. The molecule has 7 nitrogen and oxygen atoms in total. The lowest BCUT2D eigenvalue weighted by atomic mass is 10.0. The molecule has 34 heavy (non-hydrogen) atoms. The fraction of sp³-hybridized carbons (Fsp3) is 0.125. The topological polar surface area (TPSA) is 92.7 Å². The summed E-state index contributed by atoms with van der Waals surface area (Å²) in [5.41, 5.74) is 2.92. The van der Waals surface area contributed by atoms with E-state index in [0.29, 0.717) is 23.3 Å². The van der Waals surface area contributed by atoms with Gasteiger partial charge in [0.05, 0.1) is 17.6 Å². The number of anilines is 2. The number of aromatic nitrogens is 4. The van der Waals surface area contributed by atoms with Crippen molar-refractivity contribution in [2.75, 3.05) is 17.7 Å². The summed E-state index contributed by atoms with van der Waals surface area (Å²) in [6, 6.07) is 11.1. The van der Waals surface area contributed by atoms with E-state index in [0.717, 1.165) is 28.6 Å². The maximum absolute atomic E-state index is 12.9. The highest BCUT2D eigenvalue weighted by Crippen LogP contribution is 2.30. The molecule has 4 aromatic rings. The molecule has 0 radical (unpaired) electrons. The van der Waals surface area contributed by atoms with Crippen LogP contribution in [-0.4, -0.2) is 32.9 Å².